The molecule has 0 nitrogen and oxygen atoms in total. The van der Waals surface area contributed by atoms with E-state index in [9.17, 15) is 0 Å². The Bertz CT molecular complexity index is 172. The fourth-order valence-electron chi connectivity index (χ4n) is 0.718. The minimum absolute atomic E-state index is 0. The maximum absolute atomic E-state index is 3.48. The summed E-state index contributed by atoms with van der Waals surface area (Å²) in [6.07, 6.45) is 0. The van der Waals surface area contributed by atoms with E-state index in [0.717, 1.165) is 0 Å². The van der Waals surface area contributed by atoms with Crippen LogP contribution < -0.4 is 0 Å². The average Bonchev–Trinajstić information content (AvgIpc) is 1.90. The van der Waals surface area contributed by atoms with Gasteiger partial charge in [0.15, 0.2) is 0 Å². The summed E-state index contributed by atoms with van der Waals surface area (Å²) in [6.45, 7) is 2.12. The fraction of sp³-hybridized carbons (Fsp3) is 0.250. The number of alkyl halides is 1. The highest BCUT2D eigenvalue weighted by Gasteiger charge is 1.95. The Kier molecular flexibility index (Phi) is 5.40. The lowest BCUT2D eigenvalue weighted by Gasteiger charge is -1.99. The maximum atomic E-state index is 3.48. The third kappa shape index (κ3) is 3.04. The second-order valence-corrected chi connectivity index (χ2v) is 3.40. The van der Waals surface area contributed by atoms with Crippen LogP contribution in [-0.2, 0) is 0 Å². The molecule has 0 heterocycles. The van der Waals surface area contributed by atoms with Gasteiger partial charge in [0.25, 0.3) is 0 Å². The number of hydrogen-bond donors (Lipinski definition) is 0. The van der Waals surface area contributed by atoms with Gasteiger partial charge >= 0.3 is 23.1 Å². The third-order valence-corrected chi connectivity index (χ3v) is 1.79. The van der Waals surface area contributed by atoms with Gasteiger partial charge in [-0.1, -0.05) is 46.3 Å². The van der Waals surface area contributed by atoms with Crippen LogP contribution in [0.4, 0.5) is 0 Å². The second-order valence-electron chi connectivity index (χ2n) is 2.03. The van der Waals surface area contributed by atoms with Crippen LogP contribution in [0.5, 0.6) is 0 Å². The molecule has 1 aromatic rings. The van der Waals surface area contributed by atoms with Crippen LogP contribution in [0.25, 0.3) is 0 Å². The average molecular weight is 211 g/mol. The highest BCUT2D eigenvalue weighted by Crippen LogP contribution is 2.19. The fourth-order valence-corrected chi connectivity index (χ4v) is 1.02. The van der Waals surface area contributed by atoms with Gasteiger partial charge in [0.1, 0.15) is 0 Å². The lowest BCUT2D eigenvalue weighted by molar-refractivity contribution is 1.12. The van der Waals surface area contributed by atoms with Gasteiger partial charge in [-0.3, -0.25) is 0 Å². The Morgan fingerprint density at radius 2 is 1.70 bits per heavy atom. The summed E-state index contributed by atoms with van der Waals surface area (Å²) >= 11 is 3.48. The monoisotopic (exact) mass is 210 g/mol. The highest BCUT2D eigenvalue weighted by atomic mass is 79.9. The molecule has 1 aromatic carbocycles. The van der Waals surface area contributed by atoms with E-state index < -0.39 is 0 Å². The van der Waals surface area contributed by atoms with E-state index in [1.54, 1.807) is 0 Å². The van der Waals surface area contributed by atoms with Gasteiger partial charge in [0, 0.05) is 4.83 Å². The van der Waals surface area contributed by atoms with E-state index in [-0.39, 0.29) is 23.1 Å². The molecule has 2 heteroatoms. The molecule has 0 spiro atoms. The predicted molar refractivity (Wildman–Crippen MR) is 52.3 cm³/mol. The molecular weight excluding hydrogens is 200 g/mol. The van der Waals surface area contributed by atoms with Crippen molar-refractivity contribution >= 4 is 39.0 Å². The van der Waals surface area contributed by atoms with E-state index in [1.165, 1.54) is 5.56 Å². The first-order valence-electron chi connectivity index (χ1n) is 2.99. The zero-order valence-corrected chi connectivity index (χ0v) is 6.93. The zero-order valence-electron chi connectivity index (χ0n) is 5.34. The molecular formula is C8H11BrMg. The number of halogens is 1. The predicted octanol–water partition coefficient (Wildman–Crippen LogP) is 2.23. The Balaban J connectivity index is 0.000000810. The standard InChI is InChI=1S/C8H9Br.Mg.2H/c1-7(9)8-5-3-2-4-6-8;;;/h2-7H,1H3;;;. The summed E-state index contributed by atoms with van der Waals surface area (Å²) in [4.78, 5) is 0.471. The van der Waals surface area contributed by atoms with Crippen molar-refractivity contribution in [2.45, 2.75) is 11.8 Å². The quantitative estimate of drug-likeness (QED) is 0.493. The Morgan fingerprint density at radius 3 is 2.00 bits per heavy atom. The molecule has 0 aliphatic heterocycles. The van der Waals surface area contributed by atoms with E-state index in [4.69, 9.17) is 0 Å². The molecule has 0 radical (unpaired) electrons. The molecule has 0 N–H and O–H groups in total. The lowest BCUT2D eigenvalue weighted by Crippen LogP contribution is -1.79. The topological polar surface area (TPSA) is 0 Å². The number of rotatable bonds is 1. The third-order valence-electron chi connectivity index (χ3n) is 1.26. The van der Waals surface area contributed by atoms with Crippen LogP contribution in [0.1, 0.15) is 17.3 Å². The van der Waals surface area contributed by atoms with Crippen molar-refractivity contribution in [1.82, 2.24) is 0 Å². The smallest absolute Gasteiger partial charge is 0.0842 e. The normalized spacial score (nSPS) is 11.8. The largest absolute Gasteiger partial charge is 0.316 e. The molecule has 0 amide bonds. The summed E-state index contributed by atoms with van der Waals surface area (Å²) in [5, 5.41) is 0. The Hall–Kier alpha value is 0.466. The van der Waals surface area contributed by atoms with Crippen molar-refractivity contribution < 1.29 is 0 Å². The molecule has 0 bridgehead atoms. The molecule has 0 saturated heterocycles. The zero-order chi connectivity index (χ0) is 6.69. The lowest BCUT2D eigenvalue weighted by atomic mass is 10.2. The van der Waals surface area contributed by atoms with Crippen LogP contribution >= 0.6 is 15.9 Å². The molecule has 1 unspecified atom stereocenters. The van der Waals surface area contributed by atoms with Crippen LogP contribution in [0.2, 0.25) is 0 Å². The number of benzene rings is 1. The van der Waals surface area contributed by atoms with E-state index >= 15 is 0 Å². The van der Waals surface area contributed by atoms with Gasteiger partial charge in [-0.25, -0.2) is 0 Å². The molecule has 0 aromatic heterocycles. The van der Waals surface area contributed by atoms with Crippen LogP contribution in [-0.4, -0.2) is 23.1 Å². The molecule has 10 heavy (non-hydrogen) atoms. The van der Waals surface area contributed by atoms with Crippen molar-refractivity contribution in [3.05, 3.63) is 35.9 Å². The van der Waals surface area contributed by atoms with Gasteiger partial charge in [-0.15, -0.1) is 0 Å². The first kappa shape index (κ1) is 10.5. The van der Waals surface area contributed by atoms with E-state index in [2.05, 4.69) is 35.0 Å². The van der Waals surface area contributed by atoms with Crippen LogP contribution in [0.15, 0.2) is 30.3 Å². The molecule has 52 valence electrons. The first-order valence-corrected chi connectivity index (χ1v) is 3.91. The maximum Gasteiger partial charge on any atom is 0.316 e. The number of hydrogen-bond acceptors (Lipinski definition) is 0. The van der Waals surface area contributed by atoms with Gasteiger partial charge in [-0.05, 0) is 12.5 Å². The van der Waals surface area contributed by atoms with Gasteiger partial charge in [0.05, 0.1) is 0 Å². The summed E-state index contributed by atoms with van der Waals surface area (Å²) in [5.74, 6) is 0. The minimum atomic E-state index is 0. The van der Waals surface area contributed by atoms with Gasteiger partial charge in [0.2, 0.25) is 0 Å². The second kappa shape index (κ2) is 5.16. The Morgan fingerprint density at radius 1 is 1.20 bits per heavy atom. The van der Waals surface area contributed by atoms with Crippen molar-refractivity contribution in [1.29, 1.82) is 0 Å². The molecule has 0 aliphatic rings. The van der Waals surface area contributed by atoms with Crippen LogP contribution in [0.3, 0.4) is 0 Å². The highest BCUT2D eigenvalue weighted by molar-refractivity contribution is 9.09. The van der Waals surface area contributed by atoms with Gasteiger partial charge in [-0.2, -0.15) is 0 Å². The van der Waals surface area contributed by atoms with E-state index in [0.29, 0.717) is 4.83 Å². The molecule has 0 fully saturated rings. The van der Waals surface area contributed by atoms with Crippen molar-refractivity contribution in [3.8, 4) is 0 Å². The summed E-state index contributed by atoms with van der Waals surface area (Å²) in [7, 11) is 0. The summed E-state index contributed by atoms with van der Waals surface area (Å²) in [5.41, 5.74) is 1.33. The van der Waals surface area contributed by atoms with Crippen molar-refractivity contribution in [2.75, 3.05) is 0 Å². The molecule has 1 atom stereocenters. The van der Waals surface area contributed by atoms with E-state index in [1.807, 2.05) is 18.2 Å². The first-order chi connectivity index (χ1) is 4.30. The van der Waals surface area contributed by atoms with Crippen molar-refractivity contribution in [2.24, 2.45) is 0 Å². The minimum Gasteiger partial charge on any atom is -0.0842 e. The molecule has 0 aliphatic carbocycles. The van der Waals surface area contributed by atoms with Crippen LogP contribution in [0, 0.1) is 0 Å². The Labute approximate surface area is 86.3 Å². The SMILES string of the molecule is CC(Br)c1ccccc1.[MgH2]. The summed E-state index contributed by atoms with van der Waals surface area (Å²) in [6, 6.07) is 10.3. The summed E-state index contributed by atoms with van der Waals surface area (Å²) < 4.78 is 0. The molecule has 0 saturated carbocycles. The molecule has 1 rings (SSSR count). The van der Waals surface area contributed by atoms with Gasteiger partial charge < -0.3 is 0 Å². The van der Waals surface area contributed by atoms with Crippen molar-refractivity contribution in [3.63, 3.8) is 0 Å².